The first-order valence-electron chi connectivity index (χ1n) is 9.45. The number of rotatable bonds is 5. The quantitative estimate of drug-likeness (QED) is 0.637. The van der Waals surface area contributed by atoms with Crippen LogP contribution < -0.4 is 9.26 Å². The van der Waals surface area contributed by atoms with Crippen LogP contribution in [0, 0.1) is 11.8 Å². The van der Waals surface area contributed by atoms with E-state index in [0.29, 0.717) is 17.6 Å². The summed E-state index contributed by atoms with van der Waals surface area (Å²) in [4.78, 5) is 2.46. The molecule has 2 aromatic rings. The Morgan fingerprint density at radius 2 is 1.64 bits per heavy atom. The van der Waals surface area contributed by atoms with Gasteiger partial charge in [0.15, 0.2) is 11.5 Å². The van der Waals surface area contributed by atoms with Crippen LogP contribution in [-0.2, 0) is 12.7 Å². The highest BCUT2D eigenvalue weighted by Gasteiger charge is 2.44. The van der Waals surface area contributed by atoms with Crippen LogP contribution in [0.5, 0.6) is 11.5 Å². The van der Waals surface area contributed by atoms with Gasteiger partial charge in [0.1, 0.15) is 6.10 Å². The van der Waals surface area contributed by atoms with Crippen LogP contribution in [-0.4, -0.2) is 24.1 Å². The highest BCUT2D eigenvalue weighted by atomic mass is 31.0. The molecule has 28 heavy (non-hydrogen) atoms. The van der Waals surface area contributed by atoms with Crippen molar-refractivity contribution in [3.05, 3.63) is 59.7 Å². The molecule has 4 atom stereocenters. The average Bonchev–Trinajstić information content (AvgIpc) is 2.90. The van der Waals surface area contributed by atoms with E-state index in [-0.39, 0.29) is 11.9 Å². The van der Waals surface area contributed by atoms with E-state index < -0.39 is 11.7 Å². The fraction of sp³-hybridized carbons (Fsp3) is 0.429. The summed E-state index contributed by atoms with van der Waals surface area (Å²) in [5, 5.41) is 0. The van der Waals surface area contributed by atoms with Crippen LogP contribution in [0.25, 0.3) is 0 Å². The summed E-state index contributed by atoms with van der Waals surface area (Å²) in [6.45, 7) is 2.79. The molecule has 2 fully saturated rings. The predicted octanol–water partition coefficient (Wildman–Crippen LogP) is 5.16. The van der Waals surface area contributed by atoms with Gasteiger partial charge < -0.3 is 9.26 Å². The van der Waals surface area contributed by atoms with Crippen molar-refractivity contribution in [1.82, 2.24) is 4.90 Å². The third-order valence-corrected chi connectivity index (χ3v) is 5.99. The van der Waals surface area contributed by atoms with Gasteiger partial charge >= 0.3 is 6.18 Å². The fourth-order valence-electron chi connectivity index (χ4n) is 4.45. The SMILES string of the molecule is FC(F)(F)c1ccc(OC2[C@@H]3CC[C@H]2CN(Cc2ccccc2)C3)c(OP)c1. The van der Waals surface area contributed by atoms with Gasteiger partial charge in [-0.3, -0.25) is 4.90 Å². The van der Waals surface area contributed by atoms with E-state index in [1.807, 2.05) is 15.5 Å². The summed E-state index contributed by atoms with van der Waals surface area (Å²) in [6.07, 6.45) is -2.22. The molecule has 2 unspecified atom stereocenters. The predicted molar refractivity (Wildman–Crippen MR) is 104 cm³/mol. The number of ether oxygens (including phenoxy) is 1. The molecule has 1 aliphatic carbocycles. The lowest BCUT2D eigenvalue weighted by molar-refractivity contribution is -0.137. The summed E-state index contributed by atoms with van der Waals surface area (Å²) < 4.78 is 50.1. The monoisotopic (exact) mass is 409 g/mol. The Labute approximate surface area is 165 Å². The summed E-state index contributed by atoms with van der Waals surface area (Å²) in [5.74, 6) is 1.23. The molecule has 3 nitrogen and oxygen atoms in total. The lowest BCUT2D eigenvalue weighted by Crippen LogP contribution is -2.46. The van der Waals surface area contributed by atoms with Gasteiger partial charge in [0.05, 0.1) is 15.0 Å². The van der Waals surface area contributed by atoms with E-state index in [9.17, 15) is 13.2 Å². The van der Waals surface area contributed by atoms with Crippen molar-refractivity contribution in [2.45, 2.75) is 31.7 Å². The van der Waals surface area contributed by atoms with Crippen LogP contribution in [0.15, 0.2) is 48.5 Å². The highest BCUT2D eigenvalue weighted by molar-refractivity contribution is 7.10. The second kappa shape index (κ2) is 7.92. The van der Waals surface area contributed by atoms with Crippen molar-refractivity contribution in [3.8, 4) is 11.5 Å². The number of hydrogen-bond donors (Lipinski definition) is 0. The molecule has 1 aliphatic heterocycles. The number of halogens is 3. The maximum absolute atomic E-state index is 12.9. The third kappa shape index (κ3) is 4.13. The molecule has 7 heteroatoms. The zero-order valence-electron chi connectivity index (χ0n) is 15.4. The van der Waals surface area contributed by atoms with Crippen LogP contribution in [0.2, 0.25) is 0 Å². The number of alkyl halides is 3. The second-order valence-corrected chi connectivity index (χ2v) is 7.87. The first-order chi connectivity index (χ1) is 13.4. The van der Waals surface area contributed by atoms with E-state index in [0.717, 1.165) is 44.6 Å². The standard InChI is InChI=1S/C21H23F3NO2P/c22-21(23,24)17-8-9-18(19(10-17)27-28)26-20-15-6-7-16(20)13-25(12-15)11-14-4-2-1-3-5-14/h1-5,8-10,15-16,20H,6-7,11-13,28H2/t15-,16+,20?. The Kier molecular flexibility index (Phi) is 5.52. The van der Waals surface area contributed by atoms with E-state index in [1.54, 1.807) is 0 Å². The van der Waals surface area contributed by atoms with Crippen molar-refractivity contribution in [3.63, 3.8) is 0 Å². The van der Waals surface area contributed by atoms with Gasteiger partial charge in [0, 0.05) is 31.5 Å². The first-order valence-corrected chi connectivity index (χ1v) is 9.92. The molecule has 2 aliphatic rings. The van der Waals surface area contributed by atoms with E-state index >= 15 is 0 Å². The molecule has 150 valence electrons. The van der Waals surface area contributed by atoms with Crippen molar-refractivity contribution in [1.29, 1.82) is 0 Å². The number of fused-ring (bicyclic) bond motifs is 2. The molecule has 4 rings (SSSR count). The Morgan fingerprint density at radius 3 is 2.25 bits per heavy atom. The minimum absolute atomic E-state index is 0.0164. The normalized spacial score (nSPS) is 24.9. The molecular formula is C21H23F3NO2P. The Bertz CT molecular complexity index is 801. The molecule has 2 bridgehead atoms. The van der Waals surface area contributed by atoms with Gasteiger partial charge in [0.25, 0.3) is 0 Å². The molecule has 1 saturated carbocycles. The number of nitrogens with zero attached hydrogens (tertiary/aromatic N) is 1. The van der Waals surface area contributed by atoms with Crippen LogP contribution >= 0.6 is 9.47 Å². The number of benzene rings is 2. The Balaban J connectivity index is 1.45. The fourth-order valence-corrected chi connectivity index (χ4v) is 4.64. The lowest BCUT2D eigenvalue weighted by atomic mass is 9.94. The third-order valence-electron chi connectivity index (χ3n) is 5.73. The van der Waals surface area contributed by atoms with E-state index in [2.05, 4.69) is 29.2 Å². The maximum Gasteiger partial charge on any atom is 0.416 e. The molecule has 0 N–H and O–H groups in total. The Hall–Kier alpha value is -1.78. The maximum atomic E-state index is 12.9. The van der Waals surface area contributed by atoms with Gasteiger partial charge in [-0.1, -0.05) is 30.3 Å². The van der Waals surface area contributed by atoms with Gasteiger partial charge in [-0.2, -0.15) is 13.2 Å². The first kappa shape index (κ1) is 19.5. The molecule has 1 saturated heterocycles. The van der Waals surface area contributed by atoms with Crippen LogP contribution in [0.1, 0.15) is 24.0 Å². The highest BCUT2D eigenvalue weighted by Crippen LogP contribution is 2.43. The van der Waals surface area contributed by atoms with Crippen molar-refractivity contribution in [2.75, 3.05) is 13.1 Å². The zero-order chi connectivity index (χ0) is 19.7. The van der Waals surface area contributed by atoms with E-state index in [1.165, 1.54) is 11.6 Å². The number of likely N-dealkylation sites (tertiary alicyclic amines) is 1. The molecule has 0 aromatic heterocycles. The summed E-state index contributed by atoms with van der Waals surface area (Å²) in [6, 6.07) is 13.8. The topological polar surface area (TPSA) is 21.7 Å². The largest absolute Gasteiger partial charge is 0.486 e. The van der Waals surface area contributed by atoms with Gasteiger partial charge in [-0.15, -0.1) is 0 Å². The average molecular weight is 409 g/mol. The summed E-state index contributed by atoms with van der Waals surface area (Å²) in [7, 11) is 2.01. The zero-order valence-corrected chi connectivity index (χ0v) is 16.5. The smallest absolute Gasteiger partial charge is 0.416 e. The lowest BCUT2D eigenvalue weighted by Gasteiger charge is -2.38. The molecular weight excluding hydrogens is 386 g/mol. The number of hydrogen-bond acceptors (Lipinski definition) is 3. The Morgan fingerprint density at radius 1 is 0.964 bits per heavy atom. The summed E-state index contributed by atoms with van der Waals surface area (Å²) >= 11 is 0. The number of piperidine rings is 1. The summed E-state index contributed by atoms with van der Waals surface area (Å²) in [5.41, 5.74) is 0.556. The van der Waals surface area contributed by atoms with Gasteiger partial charge in [-0.05, 0) is 36.6 Å². The minimum Gasteiger partial charge on any atom is -0.486 e. The van der Waals surface area contributed by atoms with Gasteiger partial charge in [-0.25, -0.2) is 0 Å². The molecule has 2 aromatic carbocycles. The molecule has 0 spiro atoms. The molecule has 1 heterocycles. The molecule has 0 amide bonds. The van der Waals surface area contributed by atoms with E-state index in [4.69, 9.17) is 9.26 Å². The van der Waals surface area contributed by atoms with Crippen molar-refractivity contribution in [2.24, 2.45) is 11.8 Å². The second-order valence-electron chi connectivity index (χ2n) is 7.64. The van der Waals surface area contributed by atoms with Crippen molar-refractivity contribution >= 4 is 9.47 Å². The van der Waals surface area contributed by atoms with Crippen LogP contribution in [0.4, 0.5) is 13.2 Å². The van der Waals surface area contributed by atoms with Crippen LogP contribution in [0.3, 0.4) is 0 Å². The van der Waals surface area contributed by atoms with Gasteiger partial charge in [0.2, 0.25) is 0 Å². The molecule has 0 radical (unpaired) electrons. The van der Waals surface area contributed by atoms with Crippen molar-refractivity contribution < 1.29 is 22.4 Å². The minimum atomic E-state index is -4.40.